The highest BCUT2D eigenvalue weighted by atomic mass is 19.1. The Kier molecular flexibility index (Phi) is 7.09. The van der Waals surface area contributed by atoms with E-state index in [4.69, 9.17) is 4.74 Å². The van der Waals surface area contributed by atoms with Crippen molar-refractivity contribution in [2.24, 2.45) is 0 Å². The molecule has 170 valence electrons. The Bertz CT molecular complexity index is 951. The first-order valence-corrected chi connectivity index (χ1v) is 11.1. The van der Waals surface area contributed by atoms with Gasteiger partial charge in [0.25, 0.3) is 5.91 Å². The minimum absolute atomic E-state index is 0.115. The van der Waals surface area contributed by atoms with Gasteiger partial charge in [-0.05, 0) is 48.7 Å². The van der Waals surface area contributed by atoms with Gasteiger partial charge in [0.15, 0.2) is 0 Å². The summed E-state index contributed by atoms with van der Waals surface area (Å²) in [4.78, 5) is 33.3. The van der Waals surface area contributed by atoms with E-state index in [1.165, 1.54) is 4.90 Å². The van der Waals surface area contributed by atoms with Gasteiger partial charge < -0.3 is 14.5 Å². The highest BCUT2D eigenvalue weighted by Gasteiger charge is 2.35. The van der Waals surface area contributed by atoms with Crippen LogP contribution in [0.3, 0.4) is 0 Å². The number of pyridine rings is 1. The van der Waals surface area contributed by atoms with Crippen LogP contribution in [0.4, 0.5) is 8.78 Å². The maximum atomic E-state index is 14.3. The number of nitrogens with zero attached hydrogens (tertiary/aromatic N) is 3. The van der Waals surface area contributed by atoms with Gasteiger partial charge in [0.1, 0.15) is 18.2 Å². The Morgan fingerprint density at radius 2 is 1.81 bits per heavy atom. The average molecular weight is 443 g/mol. The molecule has 8 heteroatoms. The van der Waals surface area contributed by atoms with Crippen LogP contribution in [0.25, 0.3) is 0 Å². The predicted molar refractivity (Wildman–Crippen MR) is 114 cm³/mol. The fourth-order valence-electron chi connectivity index (χ4n) is 4.47. The number of amides is 2. The summed E-state index contributed by atoms with van der Waals surface area (Å²) in [6.07, 6.45) is 8.03. The van der Waals surface area contributed by atoms with Crippen LogP contribution in [0, 0.1) is 11.6 Å². The molecule has 2 heterocycles. The zero-order valence-corrected chi connectivity index (χ0v) is 17.9. The molecule has 0 spiro atoms. The molecule has 1 aliphatic carbocycles. The molecule has 2 fully saturated rings. The van der Waals surface area contributed by atoms with E-state index in [1.54, 1.807) is 12.4 Å². The van der Waals surface area contributed by atoms with E-state index in [-0.39, 0.29) is 30.6 Å². The van der Waals surface area contributed by atoms with E-state index >= 15 is 0 Å². The van der Waals surface area contributed by atoms with Gasteiger partial charge in [0, 0.05) is 31.5 Å². The first kappa shape index (κ1) is 22.3. The van der Waals surface area contributed by atoms with Crippen molar-refractivity contribution in [3.05, 3.63) is 65.5 Å². The van der Waals surface area contributed by atoms with Crippen LogP contribution in [0.2, 0.25) is 0 Å². The van der Waals surface area contributed by atoms with Crippen molar-refractivity contribution in [1.82, 2.24) is 14.8 Å². The molecule has 0 bridgehead atoms. The smallest absolute Gasteiger partial charge is 0.257 e. The highest BCUT2D eigenvalue weighted by molar-refractivity contribution is 5.97. The van der Waals surface area contributed by atoms with Gasteiger partial charge in [0.2, 0.25) is 5.91 Å². The average Bonchev–Trinajstić information content (AvgIpc) is 2.99. The Morgan fingerprint density at radius 3 is 2.56 bits per heavy atom. The molecule has 1 atom stereocenters. The van der Waals surface area contributed by atoms with Crippen LogP contribution in [0.15, 0.2) is 42.7 Å². The Morgan fingerprint density at radius 1 is 1.06 bits per heavy atom. The molecule has 1 saturated carbocycles. The molecule has 6 nitrogen and oxygen atoms in total. The summed E-state index contributed by atoms with van der Waals surface area (Å²) in [5, 5.41) is 0. The maximum absolute atomic E-state index is 14.3. The number of benzene rings is 1. The largest absolute Gasteiger partial charge is 0.370 e. The normalized spacial score (nSPS) is 20.3. The van der Waals surface area contributed by atoms with Crippen molar-refractivity contribution in [2.75, 3.05) is 19.6 Å². The van der Waals surface area contributed by atoms with Gasteiger partial charge in [-0.3, -0.25) is 14.6 Å². The molecule has 2 amide bonds. The van der Waals surface area contributed by atoms with E-state index in [2.05, 4.69) is 4.98 Å². The third-order valence-electron chi connectivity index (χ3n) is 6.17. The third kappa shape index (κ3) is 5.30. The lowest BCUT2D eigenvalue weighted by Crippen LogP contribution is -2.46. The molecular formula is C24H27F2N3O3. The van der Waals surface area contributed by atoms with Gasteiger partial charge >= 0.3 is 0 Å². The fraction of sp³-hybridized carbons (Fsp3) is 0.458. The van der Waals surface area contributed by atoms with Crippen molar-refractivity contribution in [3.63, 3.8) is 0 Å². The Labute approximate surface area is 186 Å². The molecule has 0 N–H and O–H groups in total. The number of carbonyl (C=O) groups excluding carboxylic acids is 2. The molecular weight excluding hydrogens is 416 g/mol. The standard InChI is InChI=1S/C24H27F2N3O3/c25-18-6-7-22(26)21(12-18)24(31)28-13-20(32-16-17-8-10-27-11-9-17)14-29(23(30)15-28)19-4-2-1-3-5-19/h6-12,19-20H,1-5,13-16H2/t20-/m1/s1. The molecule has 0 radical (unpaired) electrons. The van der Waals surface area contributed by atoms with Gasteiger partial charge in [-0.2, -0.15) is 0 Å². The van der Waals surface area contributed by atoms with Crippen molar-refractivity contribution in [1.29, 1.82) is 0 Å². The SMILES string of the molecule is O=C(c1cc(F)ccc1F)N1CC(=O)N(C2CCCCC2)C[C@H](OCc2ccncc2)C1. The number of aromatic nitrogens is 1. The van der Waals surface area contributed by atoms with E-state index < -0.39 is 23.6 Å². The molecule has 1 aromatic heterocycles. The van der Waals surface area contributed by atoms with Crippen molar-refractivity contribution < 1.29 is 23.1 Å². The molecule has 1 saturated heterocycles. The van der Waals surface area contributed by atoms with Crippen LogP contribution in [0.1, 0.15) is 48.0 Å². The summed E-state index contributed by atoms with van der Waals surface area (Å²) < 4.78 is 34.0. The molecule has 1 aromatic carbocycles. The first-order chi connectivity index (χ1) is 15.5. The van der Waals surface area contributed by atoms with Gasteiger partial charge in [0.05, 0.1) is 18.3 Å². The monoisotopic (exact) mass is 443 g/mol. The molecule has 2 aromatic rings. The minimum Gasteiger partial charge on any atom is -0.370 e. The molecule has 0 unspecified atom stereocenters. The second-order valence-corrected chi connectivity index (χ2v) is 8.44. The molecule has 4 rings (SSSR count). The molecule has 32 heavy (non-hydrogen) atoms. The second kappa shape index (κ2) is 10.2. The van der Waals surface area contributed by atoms with Crippen molar-refractivity contribution >= 4 is 11.8 Å². The number of rotatable bonds is 5. The summed E-state index contributed by atoms with van der Waals surface area (Å²) >= 11 is 0. The summed E-state index contributed by atoms with van der Waals surface area (Å²) in [5.41, 5.74) is 0.547. The summed E-state index contributed by atoms with van der Waals surface area (Å²) in [6, 6.07) is 6.55. The highest BCUT2D eigenvalue weighted by Crippen LogP contribution is 2.25. The lowest BCUT2D eigenvalue weighted by atomic mass is 9.94. The minimum atomic E-state index is -0.813. The van der Waals surface area contributed by atoms with Crippen molar-refractivity contribution in [3.8, 4) is 0 Å². The van der Waals surface area contributed by atoms with Crippen LogP contribution in [-0.4, -0.2) is 58.4 Å². The first-order valence-electron chi connectivity index (χ1n) is 11.1. The van der Waals surface area contributed by atoms with E-state index in [9.17, 15) is 18.4 Å². The van der Waals surface area contributed by atoms with Crippen molar-refractivity contribution in [2.45, 2.75) is 50.9 Å². The zero-order valence-electron chi connectivity index (χ0n) is 17.9. The quantitative estimate of drug-likeness (QED) is 0.709. The lowest BCUT2D eigenvalue weighted by Gasteiger charge is -2.34. The third-order valence-corrected chi connectivity index (χ3v) is 6.17. The summed E-state index contributed by atoms with van der Waals surface area (Å²) in [7, 11) is 0. The van der Waals surface area contributed by atoms with Crippen LogP contribution in [0.5, 0.6) is 0 Å². The van der Waals surface area contributed by atoms with Gasteiger partial charge in [-0.15, -0.1) is 0 Å². The lowest BCUT2D eigenvalue weighted by molar-refractivity contribution is -0.134. The number of hydrogen-bond donors (Lipinski definition) is 0. The molecule has 2 aliphatic rings. The zero-order chi connectivity index (χ0) is 22.5. The van der Waals surface area contributed by atoms with Crippen LogP contribution in [-0.2, 0) is 16.1 Å². The number of hydrogen-bond acceptors (Lipinski definition) is 4. The van der Waals surface area contributed by atoms with Gasteiger partial charge in [-0.1, -0.05) is 19.3 Å². The molecule has 1 aliphatic heterocycles. The van der Waals surface area contributed by atoms with Crippen LogP contribution < -0.4 is 0 Å². The number of carbonyl (C=O) groups is 2. The van der Waals surface area contributed by atoms with E-state index in [1.807, 2.05) is 17.0 Å². The summed E-state index contributed by atoms with van der Waals surface area (Å²) in [6.45, 7) is 0.607. The topological polar surface area (TPSA) is 62.7 Å². The predicted octanol–water partition coefficient (Wildman–Crippen LogP) is 3.56. The van der Waals surface area contributed by atoms with Gasteiger partial charge in [-0.25, -0.2) is 8.78 Å². The maximum Gasteiger partial charge on any atom is 0.257 e. The second-order valence-electron chi connectivity index (χ2n) is 8.44. The fourth-order valence-corrected chi connectivity index (χ4v) is 4.47. The number of halogens is 2. The van der Waals surface area contributed by atoms with E-state index in [0.29, 0.717) is 13.2 Å². The van der Waals surface area contributed by atoms with Crippen LogP contribution >= 0.6 is 0 Å². The Hall–Kier alpha value is -2.87. The summed E-state index contributed by atoms with van der Waals surface area (Å²) in [5.74, 6) is -2.41. The number of ether oxygens (including phenoxy) is 1. The van der Waals surface area contributed by atoms with E-state index in [0.717, 1.165) is 55.9 Å². The Balaban J connectivity index is 1.56.